The van der Waals surface area contributed by atoms with E-state index in [9.17, 15) is 13.2 Å². The molecule has 2 fully saturated rings. The molecule has 0 bridgehead atoms. The third kappa shape index (κ3) is 5.75. The van der Waals surface area contributed by atoms with Crippen LogP contribution in [0.15, 0.2) is 30.3 Å². The minimum atomic E-state index is -0.849. The molecule has 2 aromatic carbocycles. The van der Waals surface area contributed by atoms with Crippen molar-refractivity contribution in [2.24, 2.45) is 11.8 Å². The van der Waals surface area contributed by atoms with Crippen molar-refractivity contribution < 1.29 is 17.9 Å². The Hall–Kier alpha value is -1.97. The molecule has 0 atom stereocenters. The quantitative estimate of drug-likeness (QED) is 0.403. The van der Waals surface area contributed by atoms with Crippen molar-refractivity contribution in [3.63, 3.8) is 0 Å². The predicted molar refractivity (Wildman–Crippen MR) is 127 cm³/mol. The monoisotopic (exact) mass is 458 g/mol. The number of ether oxygens (including phenoxy) is 1. The molecule has 0 N–H and O–H groups in total. The van der Waals surface area contributed by atoms with Gasteiger partial charge in [0.15, 0.2) is 11.6 Å². The number of benzene rings is 2. The summed E-state index contributed by atoms with van der Waals surface area (Å²) in [6.07, 6.45) is 10.1. The van der Waals surface area contributed by atoms with Gasteiger partial charge in [-0.2, -0.15) is 4.39 Å². The van der Waals surface area contributed by atoms with Gasteiger partial charge in [-0.15, -0.1) is 0 Å². The van der Waals surface area contributed by atoms with E-state index in [1.807, 2.05) is 19.1 Å². The van der Waals surface area contributed by atoms with Crippen LogP contribution in [0.2, 0.25) is 0 Å². The average molecular weight is 459 g/mol. The molecule has 0 aliphatic heterocycles. The lowest BCUT2D eigenvalue weighted by Gasteiger charge is -2.30. The largest absolute Gasteiger partial charge is 0.490 e. The van der Waals surface area contributed by atoms with E-state index in [1.54, 1.807) is 18.2 Å². The van der Waals surface area contributed by atoms with E-state index in [1.165, 1.54) is 12.8 Å². The second-order valence-electron chi connectivity index (χ2n) is 10.3. The summed E-state index contributed by atoms with van der Waals surface area (Å²) < 4.78 is 49.7. The van der Waals surface area contributed by atoms with Crippen LogP contribution < -0.4 is 4.74 Å². The highest BCUT2D eigenvalue weighted by molar-refractivity contribution is 5.33. The third-order valence-corrected chi connectivity index (χ3v) is 7.98. The Morgan fingerprint density at radius 1 is 0.758 bits per heavy atom. The van der Waals surface area contributed by atoms with Crippen LogP contribution >= 0.6 is 0 Å². The van der Waals surface area contributed by atoms with E-state index in [0.29, 0.717) is 12.2 Å². The highest BCUT2D eigenvalue weighted by Crippen LogP contribution is 2.41. The average Bonchev–Trinajstić information content (AvgIpc) is 2.81. The minimum absolute atomic E-state index is 0.0163. The Kier molecular flexibility index (Phi) is 8.03. The topological polar surface area (TPSA) is 9.23 Å². The fraction of sp³-hybridized carbons (Fsp3) is 0.586. The lowest BCUT2D eigenvalue weighted by molar-refractivity contribution is 0.191. The lowest BCUT2D eigenvalue weighted by atomic mass is 9.77. The van der Waals surface area contributed by atoms with Crippen LogP contribution in [-0.2, 0) is 0 Å². The van der Waals surface area contributed by atoms with Gasteiger partial charge in [0.2, 0.25) is 5.82 Å². The standard InChI is InChI=1S/C29H37F3O/c1-3-4-20-6-10-23(11-7-20)25-15-16-27(29(32)28(25)31)33-18-21-8-12-22(13-9-21)24-14-5-19(2)17-26(24)30/h5,14-17,20-23H,3-4,6-13,18H2,1-2H3. The molecule has 0 unspecified atom stereocenters. The Morgan fingerprint density at radius 3 is 2.00 bits per heavy atom. The second kappa shape index (κ2) is 11.0. The summed E-state index contributed by atoms with van der Waals surface area (Å²) >= 11 is 0. The van der Waals surface area contributed by atoms with E-state index in [0.717, 1.165) is 68.4 Å². The zero-order valence-corrected chi connectivity index (χ0v) is 20.0. The van der Waals surface area contributed by atoms with Gasteiger partial charge in [-0.3, -0.25) is 0 Å². The number of hydrogen-bond donors (Lipinski definition) is 0. The van der Waals surface area contributed by atoms with Crippen molar-refractivity contribution in [1.29, 1.82) is 0 Å². The molecule has 2 saturated carbocycles. The molecule has 0 saturated heterocycles. The predicted octanol–water partition coefficient (Wildman–Crippen LogP) is 8.84. The van der Waals surface area contributed by atoms with Gasteiger partial charge < -0.3 is 4.74 Å². The molecular weight excluding hydrogens is 421 g/mol. The van der Waals surface area contributed by atoms with Crippen molar-refractivity contribution in [1.82, 2.24) is 0 Å². The fourth-order valence-corrected chi connectivity index (χ4v) is 5.95. The lowest BCUT2D eigenvalue weighted by Crippen LogP contribution is -2.20. The number of halogens is 3. The smallest absolute Gasteiger partial charge is 0.200 e. The Bertz CT molecular complexity index is 925. The van der Waals surface area contributed by atoms with Gasteiger partial charge in [-0.1, -0.05) is 38.0 Å². The molecular formula is C29H37F3O. The van der Waals surface area contributed by atoms with Crippen molar-refractivity contribution >= 4 is 0 Å². The second-order valence-corrected chi connectivity index (χ2v) is 10.3. The summed E-state index contributed by atoms with van der Waals surface area (Å²) in [5.41, 5.74) is 2.24. The van der Waals surface area contributed by atoms with Gasteiger partial charge in [-0.25, -0.2) is 8.78 Å². The molecule has 4 heteroatoms. The van der Waals surface area contributed by atoms with Crippen LogP contribution in [-0.4, -0.2) is 6.61 Å². The summed E-state index contributed by atoms with van der Waals surface area (Å²) in [5, 5.41) is 0. The first kappa shape index (κ1) is 24.2. The Morgan fingerprint density at radius 2 is 1.36 bits per heavy atom. The SMILES string of the molecule is CCCC1CCC(c2ccc(OCC3CCC(c4ccc(C)cc4F)CC3)c(F)c2F)CC1. The maximum atomic E-state index is 14.9. The van der Waals surface area contributed by atoms with Gasteiger partial charge in [-0.05, 0) is 111 Å². The maximum Gasteiger partial charge on any atom is 0.200 e. The summed E-state index contributed by atoms with van der Waals surface area (Å²) in [5.74, 6) is -0.329. The van der Waals surface area contributed by atoms with E-state index in [2.05, 4.69) is 6.92 Å². The fourth-order valence-electron chi connectivity index (χ4n) is 5.95. The molecule has 33 heavy (non-hydrogen) atoms. The van der Waals surface area contributed by atoms with Crippen LogP contribution in [0.1, 0.15) is 99.7 Å². The van der Waals surface area contributed by atoms with E-state index >= 15 is 0 Å². The first-order valence-corrected chi connectivity index (χ1v) is 12.8. The van der Waals surface area contributed by atoms with Crippen molar-refractivity contribution in [2.45, 2.75) is 89.9 Å². The molecule has 0 radical (unpaired) electrons. The van der Waals surface area contributed by atoms with Gasteiger partial charge in [0.05, 0.1) is 6.61 Å². The summed E-state index contributed by atoms with van der Waals surface area (Å²) in [6, 6.07) is 8.81. The molecule has 0 aromatic heterocycles. The molecule has 2 aliphatic carbocycles. The van der Waals surface area contributed by atoms with Crippen molar-refractivity contribution in [3.05, 3.63) is 64.5 Å². The van der Waals surface area contributed by atoms with E-state index in [-0.39, 0.29) is 29.3 Å². The molecule has 0 amide bonds. The van der Waals surface area contributed by atoms with Gasteiger partial charge in [0.25, 0.3) is 0 Å². The summed E-state index contributed by atoms with van der Waals surface area (Å²) in [7, 11) is 0. The third-order valence-electron chi connectivity index (χ3n) is 7.98. The minimum Gasteiger partial charge on any atom is -0.490 e. The van der Waals surface area contributed by atoms with Crippen LogP contribution in [0.4, 0.5) is 13.2 Å². The first-order valence-electron chi connectivity index (χ1n) is 12.8. The van der Waals surface area contributed by atoms with Crippen LogP contribution in [0.3, 0.4) is 0 Å². The molecule has 4 rings (SSSR count). The van der Waals surface area contributed by atoms with Gasteiger partial charge in [0, 0.05) is 0 Å². The van der Waals surface area contributed by atoms with E-state index < -0.39 is 11.6 Å². The van der Waals surface area contributed by atoms with Crippen molar-refractivity contribution in [3.8, 4) is 5.75 Å². The molecule has 1 nitrogen and oxygen atoms in total. The Labute approximate surface area is 196 Å². The summed E-state index contributed by atoms with van der Waals surface area (Å²) in [6.45, 7) is 4.48. The van der Waals surface area contributed by atoms with Crippen LogP contribution in [0.5, 0.6) is 5.75 Å². The van der Waals surface area contributed by atoms with Gasteiger partial charge in [0.1, 0.15) is 5.82 Å². The number of rotatable bonds is 7. The number of hydrogen-bond acceptors (Lipinski definition) is 1. The maximum absolute atomic E-state index is 14.9. The zero-order chi connectivity index (χ0) is 23.4. The molecule has 2 aromatic rings. The van der Waals surface area contributed by atoms with E-state index in [4.69, 9.17) is 4.74 Å². The highest BCUT2D eigenvalue weighted by Gasteiger charge is 2.28. The highest BCUT2D eigenvalue weighted by atomic mass is 19.2. The molecule has 0 spiro atoms. The van der Waals surface area contributed by atoms with Crippen molar-refractivity contribution in [2.75, 3.05) is 6.61 Å². The molecule has 2 aliphatic rings. The van der Waals surface area contributed by atoms with Crippen LogP contribution in [0, 0.1) is 36.2 Å². The number of aryl methyl sites for hydroxylation is 1. The zero-order valence-electron chi connectivity index (χ0n) is 20.0. The summed E-state index contributed by atoms with van der Waals surface area (Å²) in [4.78, 5) is 0. The Balaban J connectivity index is 1.30. The normalized spacial score (nSPS) is 25.7. The van der Waals surface area contributed by atoms with Gasteiger partial charge >= 0.3 is 0 Å². The first-order chi connectivity index (χ1) is 16.0. The molecule has 180 valence electrons. The van der Waals surface area contributed by atoms with Crippen LogP contribution in [0.25, 0.3) is 0 Å². The molecule has 0 heterocycles.